The molecule has 0 saturated carbocycles. The summed E-state index contributed by atoms with van der Waals surface area (Å²) in [5.41, 5.74) is 0.934. The minimum Gasteiger partial charge on any atom is -0.481 e. The summed E-state index contributed by atoms with van der Waals surface area (Å²) in [6.45, 7) is 1.63. The van der Waals surface area contributed by atoms with Gasteiger partial charge in [-0.05, 0) is 18.6 Å². The van der Waals surface area contributed by atoms with E-state index in [4.69, 9.17) is 16.7 Å². The molecule has 6 heteroatoms. The van der Waals surface area contributed by atoms with Gasteiger partial charge < -0.3 is 5.11 Å². The van der Waals surface area contributed by atoms with E-state index in [-0.39, 0.29) is 12.1 Å². The molecule has 90 valence electrons. The summed E-state index contributed by atoms with van der Waals surface area (Å²) in [6.07, 6.45) is 1.41. The monoisotopic (exact) mass is 255 g/mol. The molecule has 1 rings (SSSR count). The van der Waals surface area contributed by atoms with Gasteiger partial charge in [-0.25, -0.2) is 0 Å². The van der Waals surface area contributed by atoms with Crippen LogP contribution < -0.4 is 0 Å². The molecule has 0 heterocycles. The first kappa shape index (κ1) is 13.2. The topological polar surface area (TPSA) is 80.4 Å². The van der Waals surface area contributed by atoms with Crippen molar-refractivity contribution in [1.29, 1.82) is 0 Å². The van der Waals surface area contributed by atoms with Crippen molar-refractivity contribution >= 4 is 29.3 Å². The Morgan fingerprint density at radius 2 is 2.24 bits per heavy atom. The molecule has 5 nitrogen and oxygen atoms in total. The van der Waals surface area contributed by atoms with Gasteiger partial charge in [-0.1, -0.05) is 23.3 Å². The molecule has 17 heavy (non-hydrogen) atoms. The van der Waals surface area contributed by atoms with E-state index in [1.54, 1.807) is 6.92 Å². The highest BCUT2D eigenvalue weighted by molar-refractivity contribution is 6.32. The zero-order valence-electron chi connectivity index (χ0n) is 9.01. The molecule has 1 aromatic carbocycles. The molecular weight excluding hydrogens is 246 g/mol. The van der Waals surface area contributed by atoms with Gasteiger partial charge in [0.2, 0.25) is 0 Å². The number of carbonyl (C=O) groups is 1. The van der Waals surface area contributed by atoms with Gasteiger partial charge in [-0.15, -0.1) is 0 Å². The van der Waals surface area contributed by atoms with Gasteiger partial charge in [0.05, 0.1) is 11.3 Å². The number of nitrogens with zero attached hydrogens (tertiary/aromatic N) is 1. The van der Waals surface area contributed by atoms with E-state index in [0.717, 1.165) is 0 Å². The minimum absolute atomic E-state index is 0.0798. The normalized spacial score (nSPS) is 11.3. The Morgan fingerprint density at radius 1 is 1.59 bits per heavy atom. The Labute approximate surface area is 102 Å². The lowest BCUT2D eigenvalue weighted by molar-refractivity contribution is -0.384. The van der Waals surface area contributed by atoms with Gasteiger partial charge in [-0.3, -0.25) is 14.9 Å². The molecule has 0 spiro atoms. The average Bonchev–Trinajstić information content (AvgIpc) is 2.19. The molecule has 1 aromatic rings. The predicted molar refractivity (Wildman–Crippen MR) is 64.0 cm³/mol. The number of carboxylic acids is 1. The van der Waals surface area contributed by atoms with E-state index >= 15 is 0 Å². The third-order valence-electron chi connectivity index (χ3n) is 2.02. The molecule has 0 aliphatic carbocycles. The van der Waals surface area contributed by atoms with Gasteiger partial charge in [0.15, 0.2) is 0 Å². The van der Waals surface area contributed by atoms with Gasteiger partial charge in [0.25, 0.3) is 5.69 Å². The molecule has 1 N–H and O–H groups in total. The molecule has 0 amide bonds. The third-order valence-corrected chi connectivity index (χ3v) is 2.37. The van der Waals surface area contributed by atoms with Crippen LogP contribution in [0.25, 0.3) is 6.08 Å². The van der Waals surface area contributed by atoms with Crippen LogP contribution in [0, 0.1) is 10.1 Å². The van der Waals surface area contributed by atoms with Crippen LogP contribution >= 0.6 is 11.6 Å². The smallest absolute Gasteiger partial charge is 0.307 e. The van der Waals surface area contributed by atoms with E-state index in [1.807, 2.05) is 0 Å². The van der Waals surface area contributed by atoms with Crippen molar-refractivity contribution in [2.45, 2.75) is 13.3 Å². The predicted octanol–water partition coefficient (Wildman–Crippen LogP) is 3.13. The number of benzene rings is 1. The second-order valence-corrected chi connectivity index (χ2v) is 3.93. The lowest BCUT2D eigenvalue weighted by Gasteiger charge is -2.01. The summed E-state index contributed by atoms with van der Waals surface area (Å²) in [5.74, 6) is -0.958. The van der Waals surface area contributed by atoms with Crippen LogP contribution in [-0.4, -0.2) is 16.0 Å². The highest BCUT2D eigenvalue weighted by atomic mass is 35.5. The van der Waals surface area contributed by atoms with Crippen molar-refractivity contribution in [1.82, 2.24) is 0 Å². The number of hydrogen-bond donors (Lipinski definition) is 1. The zero-order valence-corrected chi connectivity index (χ0v) is 9.77. The van der Waals surface area contributed by atoms with E-state index in [1.165, 1.54) is 24.3 Å². The molecule has 0 aliphatic heterocycles. The summed E-state index contributed by atoms with van der Waals surface area (Å²) < 4.78 is 0. The maximum absolute atomic E-state index is 10.6. The summed E-state index contributed by atoms with van der Waals surface area (Å²) in [5, 5.41) is 19.5. The Bertz CT molecular complexity index is 496. The highest BCUT2D eigenvalue weighted by Gasteiger charge is 2.09. The largest absolute Gasteiger partial charge is 0.481 e. The SMILES string of the molecule is C/C(=C\c1cc([N+](=O)[O-])ccc1Cl)CC(=O)O. The summed E-state index contributed by atoms with van der Waals surface area (Å²) >= 11 is 5.87. The number of non-ortho nitro benzene ring substituents is 1. The summed E-state index contributed by atoms with van der Waals surface area (Å²) in [7, 11) is 0. The van der Waals surface area contributed by atoms with Crippen LogP contribution in [-0.2, 0) is 4.79 Å². The van der Waals surface area contributed by atoms with E-state index in [9.17, 15) is 14.9 Å². The maximum atomic E-state index is 10.6. The Morgan fingerprint density at radius 3 is 2.76 bits per heavy atom. The summed E-state index contributed by atoms with van der Waals surface area (Å²) in [4.78, 5) is 20.5. The van der Waals surface area contributed by atoms with Crippen LogP contribution in [0.4, 0.5) is 5.69 Å². The van der Waals surface area contributed by atoms with Crippen LogP contribution in [0.5, 0.6) is 0 Å². The molecule has 0 saturated heterocycles. The van der Waals surface area contributed by atoms with Crippen molar-refractivity contribution in [3.05, 3.63) is 44.5 Å². The number of carboxylic acid groups (broad SMARTS) is 1. The number of nitro groups is 1. The maximum Gasteiger partial charge on any atom is 0.307 e. The van der Waals surface area contributed by atoms with Crippen LogP contribution in [0.3, 0.4) is 0 Å². The van der Waals surface area contributed by atoms with Crippen LogP contribution in [0.1, 0.15) is 18.9 Å². The van der Waals surface area contributed by atoms with Crippen molar-refractivity contribution in [3.8, 4) is 0 Å². The van der Waals surface area contributed by atoms with Crippen LogP contribution in [0.2, 0.25) is 5.02 Å². The first-order valence-electron chi connectivity index (χ1n) is 4.73. The number of nitro benzene ring substituents is 1. The van der Waals surface area contributed by atoms with Crippen molar-refractivity contribution in [2.75, 3.05) is 0 Å². The van der Waals surface area contributed by atoms with Gasteiger partial charge in [-0.2, -0.15) is 0 Å². The molecule has 0 aromatic heterocycles. The first-order chi connectivity index (χ1) is 7.90. The second-order valence-electron chi connectivity index (χ2n) is 3.52. The molecule has 0 bridgehead atoms. The third kappa shape index (κ3) is 3.88. The van der Waals surface area contributed by atoms with Gasteiger partial charge >= 0.3 is 5.97 Å². The molecule has 0 radical (unpaired) electrons. The second kappa shape index (κ2) is 5.45. The number of rotatable bonds is 4. The van der Waals surface area contributed by atoms with Crippen LogP contribution in [0.15, 0.2) is 23.8 Å². The quantitative estimate of drug-likeness (QED) is 0.662. The lowest BCUT2D eigenvalue weighted by atomic mass is 10.1. The van der Waals surface area contributed by atoms with Crippen molar-refractivity contribution < 1.29 is 14.8 Å². The van der Waals surface area contributed by atoms with E-state index < -0.39 is 10.9 Å². The van der Waals surface area contributed by atoms with E-state index in [0.29, 0.717) is 16.2 Å². The molecule has 0 atom stereocenters. The molecule has 0 fully saturated rings. The number of aliphatic carboxylic acids is 1. The van der Waals surface area contributed by atoms with Gasteiger partial charge in [0, 0.05) is 17.2 Å². The Balaban J connectivity index is 3.08. The number of hydrogen-bond acceptors (Lipinski definition) is 3. The fourth-order valence-electron chi connectivity index (χ4n) is 1.31. The lowest BCUT2D eigenvalue weighted by Crippen LogP contribution is -1.95. The fraction of sp³-hybridized carbons (Fsp3) is 0.182. The molecule has 0 unspecified atom stereocenters. The van der Waals surface area contributed by atoms with Gasteiger partial charge in [0.1, 0.15) is 0 Å². The Kier molecular flexibility index (Phi) is 4.23. The average molecular weight is 256 g/mol. The van der Waals surface area contributed by atoms with Crippen molar-refractivity contribution in [2.24, 2.45) is 0 Å². The van der Waals surface area contributed by atoms with E-state index in [2.05, 4.69) is 0 Å². The highest BCUT2D eigenvalue weighted by Crippen LogP contribution is 2.24. The first-order valence-corrected chi connectivity index (χ1v) is 5.11. The van der Waals surface area contributed by atoms with Crippen molar-refractivity contribution in [3.63, 3.8) is 0 Å². The standard InChI is InChI=1S/C11H10ClNO4/c1-7(5-11(14)15)4-8-6-9(13(16)17)2-3-10(8)12/h2-4,6H,5H2,1H3,(H,14,15)/b7-4+. The Hall–Kier alpha value is -1.88. The molecule has 0 aliphatic rings. The number of halogens is 1. The minimum atomic E-state index is -0.958. The zero-order chi connectivity index (χ0) is 13.0. The summed E-state index contributed by atoms with van der Waals surface area (Å²) in [6, 6.07) is 4.03. The fourth-order valence-corrected chi connectivity index (χ4v) is 1.48. The molecular formula is C11H10ClNO4.